The predicted molar refractivity (Wildman–Crippen MR) is 85.4 cm³/mol. The van der Waals surface area contributed by atoms with Gasteiger partial charge in [0.25, 0.3) is 0 Å². The highest BCUT2D eigenvalue weighted by Crippen LogP contribution is 2.17. The number of anilines is 1. The number of ether oxygens (including phenoxy) is 1. The molecule has 0 saturated carbocycles. The molecule has 0 atom stereocenters. The van der Waals surface area contributed by atoms with Crippen LogP contribution in [0.2, 0.25) is 0 Å². The molecular weight excluding hydrogens is 246 g/mol. The van der Waals surface area contributed by atoms with Crippen molar-refractivity contribution < 1.29 is 4.74 Å². The number of benzene rings is 2. The molecule has 2 heteroatoms. The maximum Gasteiger partial charge on any atom is 0.119 e. The number of rotatable bonds is 7. The molecule has 1 N–H and O–H groups in total. The molecular formula is C18H23NO. The van der Waals surface area contributed by atoms with E-state index in [4.69, 9.17) is 4.74 Å². The summed E-state index contributed by atoms with van der Waals surface area (Å²) in [5.41, 5.74) is 3.69. The molecule has 20 heavy (non-hydrogen) atoms. The van der Waals surface area contributed by atoms with E-state index in [2.05, 4.69) is 61.6 Å². The highest BCUT2D eigenvalue weighted by atomic mass is 16.5. The quantitative estimate of drug-likeness (QED) is 0.730. The molecule has 0 heterocycles. The molecule has 0 radical (unpaired) electrons. The van der Waals surface area contributed by atoms with E-state index in [1.165, 1.54) is 16.8 Å². The van der Waals surface area contributed by atoms with Gasteiger partial charge in [0.1, 0.15) is 5.75 Å². The fourth-order valence-electron chi connectivity index (χ4n) is 2.05. The van der Waals surface area contributed by atoms with Crippen molar-refractivity contribution in [2.45, 2.75) is 33.2 Å². The summed E-state index contributed by atoms with van der Waals surface area (Å²) in [4.78, 5) is 0. The molecule has 0 unspecified atom stereocenters. The molecule has 0 aliphatic heterocycles. The molecule has 2 rings (SSSR count). The van der Waals surface area contributed by atoms with Gasteiger partial charge in [-0.1, -0.05) is 43.7 Å². The smallest absolute Gasteiger partial charge is 0.119 e. The van der Waals surface area contributed by atoms with Gasteiger partial charge in [-0.15, -0.1) is 0 Å². The number of para-hydroxylation sites is 1. The van der Waals surface area contributed by atoms with E-state index < -0.39 is 0 Å². The third kappa shape index (κ3) is 4.30. The topological polar surface area (TPSA) is 21.3 Å². The van der Waals surface area contributed by atoms with Crippen LogP contribution >= 0.6 is 0 Å². The van der Waals surface area contributed by atoms with Gasteiger partial charge < -0.3 is 10.1 Å². The number of nitrogens with one attached hydrogen (secondary N) is 1. The second-order valence-corrected chi connectivity index (χ2v) is 5.02. The molecule has 2 nitrogen and oxygen atoms in total. The largest absolute Gasteiger partial charge is 0.494 e. The van der Waals surface area contributed by atoms with Gasteiger partial charge >= 0.3 is 0 Å². The number of unbranched alkanes of at least 4 members (excludes halogenated alkanes) is 1. The number of hydrogen-bond donors (Lipinski definition) is 1. The minimum atomic E-state index is 0.797. The van der Waals surface area contributed by atoms with Gasteiger partial charge in [0.05, 0.1) is 6.61 Å². The Morgan fingerprint density at radius 1 is 1.05 bits per heavy atom. The maximum absolute atomic E-state index is 5.74. The van der Waals surface area contributed by atoms with E-state index in [0.29, 0.717) is 0 Å². The lowest BCUT2D eigenvalue weighted by Gasteiger charge is -2.11. The van der Waals surface area contributed by atoms with Crippen LogP contribution in [-0.4, -0.2) is 6.61 Å². The summed E-state index contributed by atoms with van der Waals surface area (Å²) in [6, 6.07) is 16.6. The van der Waals surface area contributed by atoms with E-state index in [1.54, 1.807) is 0 Å². The van der Waals surface area contributed by atoms with Crippen LogP contribution < -0.4 is 10.1 Å². The highest BCUT2D eigenvalue weighted by molar-refractivity contribution is 5.50. The van der Waals surface area contributed by atoms with Crippen LogP contribution in [0.25, 0.3) is 0 Å². The minimum absolute atomic E-state index is 0.797. The van der Waals surface area contributed by atoms with Crippen molar-refractivity contribution in [1.82, 2.24) is 0 Å². The average Bonchev–Trinajstić information content (AvgIpc) is 2.47. The fraction of sp³-hybridized carbons (Fsp3) is 0.333. The van der Waals surface area contributed by atoms with Crippen molar-refractivity contribution in [3.05, 3.63) is 59.7 Å². The lowest BCUT2D eigenvalue weighted by atomic mass is 10.1. The Hall–Kier alpha value is -1.96. The summed E-state index contributed by atoms with van der Waals surface area (Å²) >= 11 is 0. The summed E-state index contributed by atoms with van der Waals surface area (Å²) in [6.07, 6.45) is 2.26. The minimum Gasteiger partial charge on any atom is -0.494 e. The Balaban J connectivity index is 1.93. The summed E-state index contributed by atoms with van der Waals surface area (Å²) in [7, 11) is 0. The zero-order valence-electron chi connectivity index (χ0n) is 12.4. The van der Waals surface area contributed by atoms with E-state index >= 15 is 0 Å². The Bertz CT molecular complexity index is 536. The molecule has 0 amide bonds. The van der Waals surface area contributed by atoms with Crippen LogP contribution in [-0.2, 0) is 6.54 Å². The lowest BCUT2D eigenvalue weighted by molar-refractivity contribution is 0.309. The Labute approximate surface area is 121 Å². The first-order valence-electron chi connectivity index (χ1n) is 7.31. The molecule has 0 saturated heterocycles. The number of hydrogen-bond acceptors (Lipinski definition) is 2. The van der Waals surface area contributed by atoms with Gasteiger partial charge in [0.15, 0.2) is 0 Å². The highest BCUT2D eigenvalue weighted by Gasteiger charge is 1.99. The second-order valence-electron chi connectivity index (χ2n) is 5.02. The average molecular weight is 269 g/mol. The molecule has 0 aliphatic carbocycles. The van der Waals surface area contributed by atoms with Gasteiger partial charge in [-0.3, -0.25) is 0 Å². The first kappa shape index (κ1) is 14.4. The first-order chi connectivity index (χ1) is 9.79. The van der Waals surface area contributed by atoms with Gasteiger partial charge in [-0.05, 0) is 42.7 Å². The third-order valence-corrected chi connectivity index (χ3v) is 3.29. The van der Waals surface area contributed by atoms with Gasteiger partial charge in [0.2, 0.25) is 0 Å². The van der Waals surface area contributed by atoms with Gasteiger partial charge in [0, 0.05) is 12.2 Å². The third-order valence-electron chi connectivity index (χ3n) is 3.29. The van der Waals surface area contributed by atoms with Crippen molar-refractivity contribution in [1.29, 1.82) is 0 Å². The van der Waals surface area contributed by atoms with Crippen LogP contribution in [0.4, 0.5) is 5.69 Å². The van der Waals surface area contributed by atoms with E-state index in [9.17, 15) is 0 Å². The van der Waals surface area contributed by atoms with Crippen molar-refractivity contribution >= 4 is 5.69 Å². The van der Waals surface area contributed by atoms with Crippen LogP contribution in [0, 0.1) is 6.92 Å². The molecule has 2 aromatic carbocycles. The van der Waals surface area contributed by atoms with E-state index in [0.717, 1.165) is 31.7 Å². The SMILES string of the molecule is CCCCOc1cccc(CNc2ccccc2C)c1. The van der Waals surface area contributed by atoms with Crippen molar-refractivity contribution in [2.24, 2.45) is 0 Å². The predicted octanol–water partition coefficient (Wildman–Crippen LogP) is 4.79. The molecule has 0 aliphatic rings. The van der Waals surface area contributed by atoms with Gasteiger partial charge in [-0.25, -0.2) is 0 Å². The Morgan fingerprint density at radius 2 is 1.90 bits per heavy atom. The zero-order valence-corrected chi connectivity index (χ0v) is 12.4. The van der Waals surface area contributed by atoms with Crippen molar-refractivity contribution in [2.75, 3.05) is 11.9 Å². The lowest BCUT2D eigenvalue weighted by Crippen LogP contribution is -2.02. The number of aryl methyl sites for hydroxylation is 1. The molecule has 0 aromatic heterocycles. The zero-order chi connectivity index (χ0) is 14.2. The van der Waals surface area contributed by atoms with Crippen LogP contribution in [0.1, 0.15) is 30.9 Å². The maximum atomic E-state index is 5.74. The van der Waals surface area contributed by atoms with Crippen LogP contribution in [0.15, 0.2) is 48.5 Å². The summed E-state index contributed by atoms with van der Waals surface area (Å²) in [5, 5.41) is 3.47. The molecule has 106 valence electrons. The molecule has 2 aromatic rings. The summed E-state index contributed by atoms with van der Waals surface area (Å²) in [6.45, 7) is 5.90. The van der Waals surface area contributed by atoms with Crippen LogP contribution in [0.5, 0.6) is 5.75 Å². The summed E-state index contributed by atoms with van der Waals surface area (Å²) in [5.74, 6) is 0.961. The van der Waals surface area contributed by atoms with Crippen LogP contribution in [0.3, 0.4) is 0 Å². The normalized spacial score (nSPS) is 10.3. The second kappa shape index (κ2) is 7.59. The molecule has 0 spiro atoms. The molecule has 0 fully saturated rings. The first-order valence-corrected chi connectivity index (χ1v) is 7.31. The summed E-state index contributed by atoms with van der Waals surface area (Å²) < 4.78 is 5.74. The standard InChI is InChI=1S/C18H23NO/c1-3-4-12-20-17-10-7-9-16(13-17)14-19-18-11-6-5-8-15(18)2/h5-11,13,19H,3-4,12,14H2,1-2H3. The van der Waals surface area contributed by atoms with E-state index in [-0.39, 0.29) is 0 Å². The molecule has 0 bridgehead atoms. The van der Waals surface area contributed by atoms with Crippen molar-refractivity contribution in [3.8, 4) is 5.75 Å². The monoisotopic (exact) mass is 269 g/mol. The van der Waals surface area contributed by atoms with E-state index in [1.807, 2.05) is 6.07 Å². The van der Waals surface area contributed by atoms with Gasteiger partial charge in [-0.2, -0.15) is 0 Å². The van der Waals surface area contributed by atoms with Crippen molar-refractivity contribution in [3.63, 3.8) is 0 Å². The fourth-order valence-corrected chi connectivity index (χ4v) is 2.05. The Kier molecular flexibility index (Phi) is 5.48. The Morgan fingerprint density at radius 3 is 2.70 bits per heavy atom.